The number of pyridine rings is 1. The molecule has 1 N–H and O–H groups in total. The molecule has 4 aromatic rings. The number of nitrogens with zero attached hydrogens (tertiary/aromatic N) is 3. The summed E-state index contributed by atoms with van der Waals surface area (Å²) in [4.78, 5) is 38.8. The van der Waals surface area contributed by atoms with Gasteiger partial charge in [-0.3, -0.25) is 14.6 Å². The molecule has 1 aliphatic rings. The van der Waals surface area contributed by atoms with Crippen LogP contribution in [0.3, 0.4) is 0 Å². The Balaban J connectivity index is 1.35. The number of rotatable bonds is 5. The van der Waals surface area contributed by atoms with Gasteiger partial charge in [-0.05, 0) is 66.3 Å². The minimum atomic E-state index is -0.206. The van der Waals surface area contributed by atoms with Crippen LogP contribution in [0.2, 0.25) is 0 Å². The summed E-state index contributed by atoms with van der Waals surface area (Å²) in [6, 6.07) is 7.68. The van der Waals surface area contributed by atoms with Gasteiger partial charge in [0.2, 0.25) is 5.91 Å². The Morgan fingerprint density at radius 2 is 2.09 bits per heavy atom. The number of aromatic nitrogens is 3. The standard InChI is InChI=1S/C25H26N4O3S/c1-3-22(30)29-7-4-16(5-8-29)14-32-18-10-15(2)23-19(12-18)25(31)28-24(27-23)20-11-17-6-9-33-21(17)13-26-20/h6,9-13,16H,3-5,7-8,14H2,1-2H3,(H,27,28,31). The van der Waals surface area contributed by atoms with Crippen molar-refractivity contribution in [2.24, 2.45) is 5.92 Å². The monoisotopic (exact) mass is 462 g/mol. The molecule has 0 bridgehead atoms. The molecule has 1 fully saturated rings. The molecule has 1 aliphatic heterocycles. The van der Waals surface area contributed by atoms with Crippen molar-refractivity contribution in [3.05, 3.63) is 51.8 Å². The Morgan fingerprint density at radius 3 is 2.88 bits per heavy atom. The summed E-state index contributed by atoms with van der Waals surface area (Å²) in [5.74, 6) is 1.76. The maximum atomic E-state index is 12.9. The predicted molar refractivity (Wildman–Crippen MR) is 131 cm³/mol. The number of amides is 1. The zero-order valence-corrected chi connectivity index (χ0v) is 19.6. The summed E-state index contributed by atoms with van der Waals surface area (Å²) in [5, 5.41) is 3.61. The van der Waals surface area contributed by atoms with Gasteiger partial charge >= 0.3 is 0 Å². The zero-order chi connectivity index (χ0) is 22.9. The molecule has 0 unspecified atom stereocenters. The Hall–Kier alpha value is -3.26. The second-order valence-corrected chi connectivity index (χ2v) is 9.52. The van der Waals surface area contributed by atoms with Crippen molar-refractivity contribution in [2.45, 2.75) is 33.1 Å². The molecule has 0 atom stereocenters. The molecule has 1 aromatic carbocycles. The van der Waals surface area contributed by atoms with Crippen molar-refractivity contribution < 1.29 is 9.53 Å². The van der Waals surface area contributed by atoms with Crippen LogP contribution in [0.15, 0.2) is 40.6 Å². The maximum Gasteiger partial charge on any atom is 0.259 e. The van der Waals surface area contributed by atoms with Crippen molar-refractivity contribution in [2.75, 3.05) is 19.7 Å². The lowest BCUT2D eigenvalue weighted by Gasteiger charge is -2.31. The fraction of sp³-hybridized carbons (Fsp3) is 0.360. The number of fused-ring (bicyclic) bond motifs is 2. The third-order valence-electron chi connectivity index (χ3n) is 6.31. The smallest absolute Gasteiger partial charge is 0.259 e. The highest BCUT2D eigenvalue weighted by atomic mass is 32.1. The highest BCUT2D eigenvalue weighted by Gasteiger charge is 2.22. The molecule has 4 heterocycles. The number of thiophene rings is 1. The third-order valence-corrected chi connectivity index (χ3v) is 7.18. The van der Waals surface area contributed by atoms with Gasteiger partial charge in [0.15, 0.2) is 5.82 Å². The van der Waals surface area contributed by atoms with Crippen molar-refractivity contribution in [3.8, 4) is 17.3 Å². The van der Waals surface area contributed by atoms with Gasteiger partial charge in [0.05, 0.1) is 22.2 Å². The van der Waals surface area contributed by atoms with Gasteiger partial charge in [-0.1, -0.05) is 6.92 Å². The molecule has 7 nitrogen and oxygen atoms in total. The van der Waals surface area contributed by atoms with Crippen molar-refractivity contribution in [3.63, 3.8) is 0 Å². The van der Waals surface area contributed by atoms with Gasteiger partial charge < -0.3 is 14.6 Å². The van der Waals surface area contributed by atoms with Crippen LogP contribution in [0, 0.1) is 12.8 Å². The molecule has 0 aliphatic carbocycles. The molecule has 0 spiro atoms. The first kappa shape index (κ1) is 21.6. The van der Waals surface area contributed by atoms with Crippen LogP contribution in [0.25, 0.3) is 32.5 Å². The minimum absolute atomic E-state index is 0.206. The van der Waals surface area contributed by atoms with Gasteiger partial charge in [0.25, 0.3) is 5.56 Å². The van der Waals surface area contributed by atoms with Crippen LogP contribution in [-0.4, -0.2) is 45.5 Å². The summed E-state index contributed by atoms with van der Waals surface area (Å²) in [6.45, 7) is 5.99. The van der Waals surface area contributed by atoms with E-state index >= 15 is 0 Å². The van der Waals surface area contributed by atoms with Crippen LogP contribution >= 0.6 is 11.3 Å². The van der Waals surface area contributed by atoms with Gasteiger partial charge in [-0.15, -0.1) is 11.3 Å². The van der Waals surface area contributed by atoms with Crippen LogP contribution < -0.4 is 10.3 Å². The highest BCUT2D eigenvalue weighted by molar-refractivity contribution is 7.17. The summed E-state index contributed by atoms with van der Waals surface area (Å²) >= 11 is 1.63. The number of hydrogen-bond acceptors (Lipinski definition) is 6. The second kappa shape index (κ2) is 8.94. The lowest BCUT2D eigenvalue weighted by molar-refractivity contribution is -0.132. The first-order chi connectivity index (χ1) is 16.0. The second-order valence-electron chi connectivity index (χ2n) is 8.57. The first-order valence-corrected chi connectivity index (χ1v) is 12.2. The first-order valence-electron chi connectivity index (χ1n) is 11.3. The van der Waals surface area contributed by atoms with Crippen molar-refractivity contribution in [1.82, 2.24) is 19.9 Å². The van der Waals surface area contributed by atoms with E-state index in [4.69, 9.17) is 9.72 Å². The topological polar surface area (TPSA) is 88.2 Å². The molecular formula is C25H26N4O3S. The van der Waals surface area contributed by atoms with Crippen molar-refractivity contribution in [1.29, 1.82) is 0 Å². The molecule has 33 heavy (non-hydrogen) atoms. The summed E-state index contributed by atoms with van der Waals surface area (Å²) in [6.07, 6.45) is 4.24. The number of likely N-dealkylation sites (tertiary alicyclic amines) is 1. The van der Waals surface area contributed by atoms with E-state index in [1.54, 1.807) is 17.4 Å². The van der Waals surface area contributed by atoms with E-state index in [0.29, 0.717) is 47.1 Å². The zero-order valence-electron chi connectivity index (χ0n) is 18.8. The molecule has 1 saturated heterocycles. The Labute approximate surface area is 195 Å². The number of H-pyrrole nitrogens is 1. The van der Waals surface area contributed by atoms with E-state index in [1.165, 1.54) is 0 Å². The summed E-state index contributed by atoms with van der Waals surface area (Å²) in [5.41, 5.74) is 1.98. The van der Waals surface area contributed by atoms with Crippen molar-refractivity contribution >= 4 is 38.2 Å². The minimum Gasteiger partial charge on any atom is -0.493 e. The number of nitrogens with one attached hydrogen (secondary N) is 1. The summed E-state index contributed by atoms with van der Waals surface area (Å²) in [7, 11) is 0. The molecular weight excluding hydrogens is 436 g/mol. The number of aryl methyl sites for hydroxylation is 1. The lowest BCUT2D eigenvalue weighted by atomic mass is 9.97. The van der Waals surface area contributed by atoms with Crippen LogP contribution in [0.1, 0.15) is 31.7 Å². The number of carbonyl (C=O) groups is 1. The molecule has 0 saturated carbocycles. The number of hydrogen-bond donors (Lipinski definition) is 1. The average Bonchev–Trinajstić information content (AvgIpc) is 3.31. The van der Waals surface area contributed by atoms with E-state index < -0.39 is 0 Å². The lowest BCUT2D eigenvalue weighted by Crippen LogP contribution is -2.39. The van der Waals surface area contributed by atoms with E-state index in [9.17, 15) is 9.59 Å². The number of ether oxygens (including phenoxy) is 1. The van der Waals surface area contributed by atoms with E-state index in [0.717, 1.165) is 41.6 Å². The van der Waals surface area contributed by atoms with E-state index in [2.05, 4.69) is 9.97 Å². The molecule has 0 radical (unpaired) electrons. The fourth-order valence-electron chi connectivity index (χ4n) is 4.37. The largest absolute Gasteiger partial charge is 0.493 e. The summed E-state index contributed by atoms with van der Waals surface area (Å²) < 4.78 is 7.17. The Morgan fingerprint density at radius 1 is 1.27 bits per heavy atom. The van der Waals surface area contributed by atoms with Gasteiger partial charge in [0.1, 0.15) is 11.4 Å². The Kier molecular flexibility index (Phi) is 5.85. The maximum absolute atomic E-state index is 12.9. The number of piperidine rings is 1. The molecule has 8 heteroatoms. The quantitative estimate of drug-likeness (QED) is 0.471. The number of benzene rings is 1. The van der Waals surface area contributed by atoms with Gasteiger partial charge in [-0.2, -0.15) is 0 Å². The number of carbonyl (C=O) groups excluding carboxylic acids is 1. The number of aromatic amines is 1. The third kappa shape index (κ3) is 4.35. The predicted octanol–water partition coefficient (Wildman–Crippen LogP) is 4.54. The Bertz CT molecular complexity index is 1390. The molecule has 170 valence electrons. The SMILES string of the molecule is CCC(=O)N1CCC(COc2cc(C)c3nc(-c4cc5ccsc5cn4)[nH]c(=O)c3c2)CC1. The molecule has 3 aromatic heterocycles. The normalized spacial score (nSPS) is 14.8. The van der Waals surface area contributed by atoms with Crippen LogP contribution in [0.4, 0.5) is 0 Å². The van der Waals surface area contributed by atoms with Crippen LogP contribution in [0.5, 0.6) is 5.75 Å². The van der Waals surface area contributed by atoms with E-state index in [-0.39, 0.29) is 11.5 Å². The molecule has 1 amide bonds. The van der Waals surface area contributed by atoms with E-state index in [1.807, 2.05) is 48.5 Å². The fourth-order valence-corrected chi connectivity index (χ4v) is 5.11. The average molecular weight is 463 g/mol. The van der Waals surface area contributed by atoms with Crippen LogP contribution in [-0.2, 0) is 4.79 Å². The van der Waals surface area contributed by atoms with Gasteiger partial charge in [0, 0.05) is 25.7 Å². The van der Waals surface area contributed by atoms with Gasteiger partial charge in [-0.25, -0.2) is 4.98 Å². The molecule has 5 rings (SSSR count). The highest BCUT2D eigenvalue weighted by Crippen LogP contribution is 2.27.